The molecule has 0 bridgehead atoms. The summed E-state index contributed by atoms with van der Waals surface area (Å²) in [4.78, 5) is 50.2. The first-order valence-corrected chi connectivity index (χ1v) is 18.0. The normalized spacial score (nSPS) is 16.0. The van der Waals surface area contributed by atoms with Gasteiger partial charge in [0, 0.05) is 66.2 Å². The van der Waals surface area contributed by atoms with Crippen molar-refractivity contribution in [2.24, 2.45) is 5.41 Å². The first kappa shape index (κ1) is 33.7. The highest BCUT2D eigenvalue weighted by atomic mass is 32.1. The van der Waals surface area contributed by atoms with Gasteiger partial charge in [0.1, 0.15) is 23.1 Å². The second-order valence-corrected chi connectivity index (χ2v) is 14.7. The van der Waals surface area contributed by atoms with Crippen molar-refractivity contribution in [3.8, 4) is 10.4 Å². The number of amides is 3. The van der Waals surface area contributed by atoms with Crippen LogP contribution >= 0.6 is 11.3 Å². The van der Waals surface area contributed by atoms with Gasteiger partial charge in [-0.2, -0.15) is 0 Å². The summed E-state index contributed by atoms with van der Waals surface area (Å²) < 4.78 is 34.0. The molecular formula is C40H35F2N5O4S. The Bertz CT molecular complexity index is 2190. The number of anilines is 4. The second-order valence-electron chi connectivity index (χ2n) is 13.6. The van der Waals surface area contributed by atoms with Crippen molar-refractivity contribution in [1.82, 2.24) is 4.98 Å². The zero-order chi connectivity index (χ0) is 36.0. The molecule has 3 aliphatic heterocycles. The molecule has 264 valence electrons. The van der Waals surface area contributed by atoms with E-state index in [4.69, 9.17) is 4.74 Å². The number of rotatable bonds is 6. The number of aryl methyl sites for hydroxylation is 1. The first-order valence-electron chi connectivity index (χ1n) is 17.2. The number of fused-ring (bicyclic) bond motifs is 3. The minimum atomic E-state index is -0.856. The van der Waals surface area contributed by atoms with E-state index in [1.807, 2.05) is 25.1 Å². The van der Waals surface area contributed by atoms with E-state index >= 15 is 0 Å². The molecule has 5 heterocycles. The fraction of sp³-hybridized carbons (Fsp3) is 0.250. The van der Waals surface area contributed by atoms with Gasteiger partial charge in [-0.3, -0.25) is 14.4 Å². The van der Waals surface area contributed by atoms with Gasteiger partial charge >= 0.3 is 0 Å². The van der Waals surface area contributed by atoms with Crippen molar-refractivity contribution in [3.05, 3.63) is 124 Å². The van der Waals surface area contributed by atoms with E-state index in [9.17, 15) is 23.2 Å². The fourth-order valence-electron chi connectivity index (χ4n) is 7.29. The molecule has 0 radical (unpaired) electrons. The molecule has 2 saturated heterocycles. The second kappa shape index (κ2) is 13.6. The number of aromatic nitrogens is 1. The lowest BCUT2D eigenvalue weighted by Gasteiger charge is -2.53. The number of ether oxygens (including phenoxy) is 1. The van der Waals surface area contributed by atoms with Crippen molar-refractivity contribution in [3.63, 3.8) is 0 Å². The summed E-state index contributed by atoms with van der Waals surface area (Å²) in [5, 5.41) is 5.35. The van der Waals surface area contributed by atoms with E-state index in [0.29, 0.717) is 46.2 Å². The highest BCUT2D eigenvalue weighted by Crippen LogP contribution is 2.44. The summed E-state index contributed by atoms with van der Waals surface area (Å²) in [7, 11) is 0. The Kier molecular flexibility index (Phi) is 8.80. The molecule has 8 rings (SSSR count). The monoisotopic (exact) mass is 719 g/mol. The van der Waals surface area contributed by atoms with Gasteiger partial charge in [-0.1, -0.05) is 17.7 Å². The molecule has 3 aromatic carbocycles. The third kappa shape index (κ3) is 6.33. The van der Waals surface area contributed by atoms with Crippen LogP contribution in [-0.2, 0) is 11.2 Å². The summed E-state index contributed by atoms with van der Waals surface area (Å²) >= 11 is 1.22. The van der Waals surface area contributed by atoms with Gasteiger partial charge in [-0.05, 0) is 98.5 Å². The van der Waals surface area contributed by atoms with E-state index in [1.54, 1.807) is 53.6 Å². The zero-order valence-electron chi connectivity index (χ0n) is 28.4. The Balaban J connectivity index is 0.983. The van der Waals surface area contributed by atoms with Crippen LogP contribution in [0.5, 0.6) is 0 Å². The Morgan fingerprint density at radius 2 is 1.63 bits per heavy atom. The van der Waals surface area contributed by atoms with E-state index in [1.165, 1.54) is 17.4 Å². The quantitative estimate of drug-likeness (QED) is 0.186. The average molecular weight is 720 g/mol. The smallest absolute Gasteiger partial charge is 0.265 e. The highest BCUT2D eigenvalue weighted by molar-refractivity contribution is 7.17. The number of hydrogen-bond acceptors (Lipinski definition) is 7. The number of carbonyl (C=O) groups is 3. The molecule has 12 heteroatoms. The Labute approximate surface area is 303 Å². The number of halogens is 2. The Morgan fingerprint density at radius 3 is 2.38 bits per heavy atom. The number of thiophene rings is 1. The third-order valence-electron chi connectivity index (χ3n) is 10.1. The molecule has 0 unspecified atom stereocenters. The van der Waals surface area contributed by atoms with E-state index in [-0.39, 0.29) is 17.2 Å². The van der Waals surface area contributed by atoms with Crippen LogP contribution in [0.1, 0.15) is 54.4 Å². The van der Waals surface area contributed by atoms with Crippen LogP contribution in [0.2, 0.25) is 0 Å². The lowest BCUT2D eigenvalue weighted by Crippen LogP contribution is -2.59. The Hall–Kier alpha value is -5.46. The predicted octanol–water partition coefficient (Wildman–Crippen LogP) is 7.72. The maximum absolute atomic E-state index is 14.3. The molecule has 3 aliphatic rings. The molecular weight excluding hydrogens is 685 g/mol. The van der Waals surface area contributed by atoms with Crippen LogP contribution in [0.3, 0.4) is 0 Å². The standard InChI is InChI=1S/C40H35F2N5O4S/c1-24-7-12-32-29(20-24)35-26(21-33(52-35)38(49)45-34-30(41)5-2-6-31(34)42)13-17-47(32)39(50)25-8-10-27(11-9-25)44-37(48)28-4-3-16-43-36(28)46-22-40(23-46)14-18-51-19-15-40/h2-12,16,20-21H,13-15,17-19,22-23H2,1H3,(H,44,48)(H,45,49). The maximum atomic E-state index is 14.3. The van der Waals surface area contributed by atoms with Crippen molar-refractivity contribution in [2.75, 3.05) is 53.3 Å². The van der Waals surface area contributed by atoms with Gasteiger partial charge in [-0.25, -0.2) is 13.8 Å². The molecule has 0 aliphatic carbocycles. The average Bonchev–Trinajstić information content (AvgIpc) is 3.51. The molecule has 9 nitrogen and oxygen atoms in total. The summed E-state index contributed by atoms with van der Waals surface area (Å²) in [5.41, 5.74) is 4.56. The maximum Gasteiger partial charge on any atom is 0.265 e. The number of hydrogen-bond donors (Lipinski definition) is 2. The first-order chi connectivity index (χ1) is 25.2. The minimum Gasteiger partial charge on any atom is -0.381 e. The molecule has 2 N–H and O–H groups in total. The number of nitrogens with one attached hydrogen (secondary N) is 2. The van der Waals surface area contributed by atoms with Crippen molar-refractivity contribution in [2.45, 2.75) is 26.2 Å². The summed E-state index contributed by atoms with van der Waals surface area (Å²) in [6.07, 6.45) is 4.19. The zero-order valence-corrected chi connectivity index (χ0v) is 29.2. The van der Waals surface area contributed by atoms with Crippen LogP contribution in [0.4, 0.5) is 31.7 Å². The molecule has 2 fully saturated rings. The van der Waals surface area contributed by atoms with Crippen LogP contribution in [0.15, 0.2) is 85.1 Å². The molecule has 3 amide bonds. The fourth-order valence-corrected chi connectivity index (χ4v) is 8.42. The number of carbonyl (C=O) groups excluding carboxylic acids is 3. The van der Waals surface area contributed by atoms with Crippen LogP contribution in [0, 0.1) is 24.0 Å². The summed E-state index contributed by atoms with van der Waals surface area (Å²) in [6, 6.07) is 21.3. The molecule has 2 aromatic heterocycles. The van der Waals surface area contributed by atoms with Crippen molar-refractivity contribution in [1.29, 1.82) is 0 Å². The molecule has 52 heavy (non-hydrogen) atoms. The van der Waals surface area contributed by atoms with E-state index in [0.717, 1.165) is 72.8 Å². The topological polar surface area (TPSA) is 104 Å². The Morgan fingerprint density at radius 1 is 0.885 bits per heavy atom. The van der Waals surface area contributed by atoms with Gasteiger partial charge in [0.05, 0.1) is 16.1 Å². The number of para-hydroxylation sites is 1. The van der Waals surface area contributed by atoms with Gasteiger partial charge in [0.25, 0.3) is 17.7 Å². The lowest BCUT2D eigenvalue weighted by molar-refractivity contribution is -0.000510. The predicted molar refractivity (Wildman–Crippen MR) is 198 cm³/mol. The number of pyridine rings is 1. The number of nitrogens with zero attached hydrogens (tertiary/aromatic N) is 3. The SMILES string of the molecule is Cc1ccc2c(c1)-c1sc(C(=O)Nc3c(F)cccc3F)cc1CCN2C(=O)c1ccc(NC(=O)c2cccnc2N2CC3(CCOCC3)C2)cc1. The van der Waals surface area contributed by atoms with Crippen molar-refractivity contribution >= 4 is 51.9 Å². The minimum absolute atomic E-state index is 0.208. The molecule has 5 aromatic rings. The molecule has 0 atom stereocenters. The van der Waals surface area contributed by atoms with Crippen LogP contribution < -0.4 is 20.4 Å². The highest BCUT2D eigenvalue weighted by Gasteiger charge is 2.45. The van der Waals surface area contributed by atoms with Crippen LogP contribution in [0.25, 0.3) is 10.4 Å². The largest absolute Gasteiger partial charge is 0.381 e. The van der Waals surface area contributed by atoms with E-state index in [2.05, 4.69) is 20.5 Å². The number of benzene rings is 3. The van der Waals surface area contributed by atoms with Gasteiger partial charge < -0.3 is 25.2 Å². The third-order valence-corrected chi connectivity index (χ3v) is 11.3. The van der Waals surface area contributed by atoms with E-state index < -0.39 is 23.2 Å². The van der Waals surface area contributed by atoms with Gasteiger partial charge in [0.2, 0.25) is 0 Å². The van der Waals surface area contributed by atoms with Gasteiger partial charge in [0.15, 0.2) is 0 Å². The lowest BCUT2D eigenvalue weighted by atomic mass is 9.73. The van der Waals surface area contributed by atoms with Crippen molar-refractivity contribution < 1.29 is 27.9 Å². The molecule has 0 saturated carbocycles. The summed E-state index contributed by atoms with van der Waals surface area (Å²) in [6.45, 7) is 5.54. The van der Waals surface area contributed by atoms with Gasteiger partial charge in [-0.15, -0.1) is 11.3 Å². The summed E-state index contributed by atoms with van der Waals surface area (Å²) in [5.74, 6) is -2.14. The van der Waals surface area contributed by atoms with Crippen LogP contribution in [-0.4, -0.2) is 55.6 Å². The molecule has 1 spiro atoms.